The number of benzene rings is 1. The van der Waals surface area contributed by atoms with E-state index >= 15 is 0 Å². The number of methoxy groups -OCH3 is 1. The van der Waals surface area contributed by atoms with Crippen LogP contribution in [0.1, 0.15) is 25.3 Å². The summed E-state index contributed by atoms with van der Waals surface area (Å²) in [5, 5.41) is 3.22. The molecule has 2 rings (SSSR count). The van der Waals surface area contributed by atoms with E-state index in [2.05, 4.69) is 5.32 Å². The Morgan fingerprint density at radius 3 is 2.68 bits per heavy atom. The highest BCUT2D eigenvalue weighted by Gasteiger charge is 2.21. The van der Waals surface area contributed by atoms with Crippen molar-refractivity contribution in [1.82, 2.24) is 10.2 Å². The van der Waals surface area contributed by atoms with Crippen LogP contribution in [-0.4, -0.2) is 44.6 Å². The summed E-state index contributed by atoms with van der Waals surface area (Å²) in [4.78, 5) is 14.4. The van der Waals surface area contributed by atoms with Gasteiger partial charge < -0.3 is 15.0 Å². The van der Waals surface area contributed by atoms with Crippen molar-refractivity contribution in [2.45, 2.75) is 19.8 Å². The van der Waals surface area contributed by atoms with Crippen LogP contribution in [0.3, 0.4) is 0 Å². The third-order valence-corrected chi connectivity index (χ3v) is 4.29. The van der Waals surface area contributed by atoms with E-state index < -0.39 is 0 Å². The number of likely N-dealkylation sites (tertiary alicyclic amines) is 1. The molecule has 0 atom stereocenters. The number of carbonyl (C=O) groups excluding carboxylic acids is 1. The van der Waals surface area contributed by atoms with Crippen molar-refractivity contribution in [1.29, 1.82) is 0 Å². The quantitative estimate of drug-likeness (QED) is 0.850. The number of ether oxygens (including phenoxy) is 1. The molecule has 120 valence electrons. The summed E-state index contributed by atoms with van der Waals surface area (Å²) in [6.45, 7) is 4.70. The van der Waals surface area contributed by atoms with E-state index in [1.54, 1.807) is 13.2 Å². The Morgan fingerprint density at radius 2 is 2.05 bits per heavy atom. The van der Waals surface area contributed by atoms with Crippen LogP contribution in [-0.2, 0) is 4.79 Å². The number of hydrogen-bond donors (Lipinski definition) is 1. The largest absolute Gasteiger partial charge is 0.496 e. The topological polar surface area (TPSA) is 41.6 Å². The Hall–Kier alpha value is -1.81. The summed E-state index contributed by atoms with van der Waals surface area (Å²) in [6.07, 6.45) is 3.89. The number of amides is 1. The zero-order valence-corrected chi connectivity index (χ0v) is 13.8. The van der Waals surface area contributed by atoms with Gasteiger partial charge in [-0.1, -0.05) is 18.2 Å². The molecule has 1 N–H and O–H groups in total. The predicted molar refractivity (Wildman–Crippen MR) is 89.9 cm³/mol. The fourth-order valence-electron chi connectivity index (χ4n) is 2.97. The van der Waals surface area contributed by atoms with Crippen molar-refractivity contribution < 1.29 is 9.53 Å². The van der Waals surface area contributed by atoms with E-state index in [-0.39, 0.29) is 5.91 Å². The van der Waals surface area contributed by atoms with E-state index in [0.29, 0.717) is 5.92 Å². The SMILES string of the molecule is CNCC1CCN(C(=O)C=C(C)c2ccccc2OC)CC1. The van der Waals surface area contributed by atoms with Crippen molar-refractivity contribution >= 4 is 11.5 Å². The fourth-order valence-corrected chi connectivity index (χ4v) is 2.97. The van der Waals surface area contributed by atoms with Crippen LogP contribution < -0.4 is 10.1 Å². The maximum Gasteiger partial charge on any atom is 0.246 e. The van der Waals surface area contributed by atoms with E-state index in [1.807, 2.05) is 43.1 Å². The fraction of sp³-hybridized carbons (Fsp3) is 0.500. The van der Waals surface area contributed by atoms with Gasteiger partial charge in [-0.2, -0.15) is 0 Å². The molecular formula is C18H26N2O2. The predicted octanol–water partition coefficient (Wildman–Crippen LogP) is 2.56. The van der Waals surface area contributed by atoms with Crippen LogP contribution in [0.5, 0.6) is 5.75 Å². The van der Waals surface area contributed by atoms with E-state index in [1.165, 1.54) is 0 Å². The second-order valence-electron chi connectivity index (χ2n) is 5.85. The average molecular weight is 302 g/mol. The molecule has 0 saturated carbocycles. The number of nitrogens with zero attached hydrogens (tertiary/aromatic N) is 1. The van der Waals surface area contributed by atoms with Gasteiger partial charge in [0.1, 0.15) is 5.75 Å². The first-order valence-corrected chi connectivity index (χ1v) is 7.91. The Bertz CT molecular complexity index is 532. The number of hydrogen-bond acceptors (Lipinski definition) is 3. The summed E-state index contributed by atoms with van der Waals surface area (Å²) in [7, 11) is 3.64. The zero-order valence-electron chi connectivity index (χ0n) is 13.8. The lowest BCUT2D eigenvalue weighted by molar-refractivity contribution is -0.127. The van der Waals surface area contributed by atoms with Crippen LogP contribution in [0.2, 0.25) is 0 Å². The van der Waals surface area contributed by atoms with Gasteiger partial charge in [-0.15, -0.1) is 0 Å². The molecule has 1 saturated heterocycles. The van der Waals surface area contributed by atoms with Gasteiger partial charge in [0, 0.05) is 24.7 Å². The molecule has 0 aromatic heterocycles. The molecule has 0 radical (unpaired) electrons. The summed E-state index contributed by atoms with van der Waals surface area (Å²) in [6, 6.07) is 7.80. The smallest absolute Gasteiger partial charge is 0.246 e. The molecule has 1 aromatic rings. The Labute approximate surface area is 133 Å². The summed E-state index contributed by atoms with van der Waals surface area (Å²) < 4.78 is 5.36. The number of carbonyl (C=O) groups is 1. The molecule has 0 spiro atoms. The van der Waals surface area contributed by atoms with Crippen molar-refractivity contribution in [3.05, 3.63) is 35.9 Å². The highest BCUT2D eigenvalue weighted by Crippen LogP contribution is 2.25. The molecule has 0 bridgehead atoms. The molecule has 4 nitrogen and oxygen atoms in total. The summed E-state index contributed by atoms with van der Waals surface area (Å²) in [5.41, 5.74) is 1.92. The standard InChI is InChI=1S/C18H26N2O2/c1-14(16-6-4-5-7-17(16)22-3)12-18(21)20-10-8-15(9-11-20)13-19-2/h4-7,12,15,19H,8-11,13H2,1-3H3. The maximum atomic E-state index is 12.4. The van der Waals surface area contributed by atoms with Crippen molar-refractivity contribution in [2.24, 2.45) is 5.92 Å². The lowest BCUT2D eigenvalue weighted by Gasteiger charge is -2.31. The highest BCUT2D eigenvalue weighted by atomic mass is 16.5. The molecule has 1 aromatic carbocycles. The van der Waals surface area contributed by atoms with Crippen LogP contribution in [0.15, 0.2) is 30.3 Å². The van der Waals surface area contributed by atoms with Gasteiger partial charge >= 0.3 is 0 Å². The molecule has 1 heterocycles. The summed E-state index contributed by atoms with van der Waals surface area (Å²) in [5.74, 6) is 1.59. The monoisotopic (exact) mass is 302 g/mol. The first-order valence-electron chi connectivity index (χ1n) is 7.91. The van der Waals surface area contributed by atoms with Crippen LogP contribution in [0.4, 0.5) is 0 Å². The number of rotatable bonds is 5. The van der Waals surface area contributed by atoms with E-state index in [0.717, 1.165) is 49.4 Å². The van der Waals surface area contributed by atoms with Crippen molar-refractivity contribution in [2.75, 3.05) is 33.8 Å². The van der Waals surface area contributed by atoms with E-state index in [4.69, 9.17) is 4.74 Å². The second kappa shape index (κ2) is 7.99. The van der Waals surface area contributed by atoms with Gasteiger partial charge in [-0.05, 0) is 50.9 Å². The van der Waals surface area contributed by atoms with Gasteiger partial charge in [0.15, 0.2) is 0 Å². The van der Waals surface area contributed by atoms with Gasteiger partial charge in [-0.25, -0.2) is 0 Å². The number of allylic oxidation sites excluding steroid dienone is 1. The molecule has 1 fully saturated rings. The van der Waals surface area contributed by atoms with Crippen LogP contribution in [0.25, 0.3) is 5.57 Å². The normalized spacial score (nSPS) is 16.7. The molecule has 0 aliphatic carbocycles. The van der Waals surface area contributed by atoms with Crippen LogP contribution in [0, 0.1) is 5.92 Å². The number of nitrogens with one attached hydrogen (secondary N) is 1. The van der Waals surface area contributed by atoms with Crippen molar-refractivity contribution in [3.8, 4) is 5.75 Å². The molecule has 1 aliphatic heterocycles. The third kappa shape index (κ3) is 4.10. The Balaban J connectivity index is 2.01. The first kappa shape index (κ1) is 16.6. The average Bonchev–Trinajstić information content (AvgIpc) is 2.55. The molecule has 0 unspecified atom stereocenters. The molecule has 1 amide bonds. The minimum absolute atomic E-state index is 0.103. The van der Waals surface area contributed by atoms with Crippen molar-refractivity contribution in [3.63, 3.8) is 0 Å². The minimum atomic E-state index is 0.103. The lowest BCUT2D eigenvalue weighted by atomic mass is 9.96. The number of piperidine rings is 1. The minimum Gasteiger partial charge on any atom is -0.496 e. The molecular weight excluding hydrogens is 276 g/mol. The van der Waals surface area contributed by atoms with Gasteiger partial charge in [0.25, 0.3) is 0 Å². The maximum absolute atomic E-state index is 12.4. The Kier molecular flexibility index (Phi) is 6.01. The number of para-hydroxylation sites is 1. The lowest BCUT2D eigenvalue weighted by Crippen LogP contribution is -2.39. The zero-order chi connectivity index (χ0) is 15.9. The highest BCUT2D eigenvalue weighted by molar-refractivity contribution is 5.95. The molecule has 4 heteroatoms. The van der Waals surface area contributed by atoms with Crippen LogP contribution >= 0.6 is 0 Å². The van der Waals surface area contributed by atoms with Gasteiger partial charge in [0.2, 0.25) is 5.91 Å². The molecule has 1 aliphatic rings. The third-order valence-electron chi connectivity index (χ3n) is 4.29. The van der Waals surface area contributed by atoms with E-state index in [9.17, 15) is 4.79 Å². The Morgan fingerprint density at radius 1 is 1.36 bits per heavy atom. The first-order chi connectivity index (χ1) is 10.7. The summed E-state index contributed by atoms with van der Waals surface area (Å²) >= 11 is 0. The molecule has 22 heavy (non-hydrogen) atoms. The van der Waals surface area contributed by atoms with Gasteiger partial charge in [-0.3, -0.25) is 4.79 Å². The van der Waals surface area contributed by atoms with Gasteiger partial charge in [0.05, 0.1) is 7.11 Å². The second-order valence-corrected chi connectivity index (χ2v) is 5.85.